The molecule has 1 spiro atoms. The van der Waals surface area contributed by atoms with E-state index < -0.39 is 0 Å². The summed E-state index contributed by atoms with van der Waals surface area (Å²) in [5.74, 6) is 0.565. The Morgan fingerprint density at radius 1 is 1.00 bits per heavy atom. The van der Waals surface area contributed by atoms with E-state index in [0.717, 1.165) is 68.9 Å². The number of methoxy groups -OCH3 is 1. The molecule has 14 heteroatoms. The Hall–Kier alpha value is -4.10. The van der Waals surface area contributed by atoms with Gasteiger partial charge in [-0.05, 0) is 44.0 Å². The van der Waals surface area contributed by atoms with Gasteiger partial charge in [-0.3, -0.25) is 28.8 Å². The molecule has 3 aliphatic heterocycles. The molecule has 11 nitrogen and oxygen atoms in total. The van der Waals surface area contributed by atoms with Gasteiger partial charge in [-0.2, -0.15) is 0 Å². The number of carbonyl (C=O) groups excluding carboxylic acids is 2. The molecule has 2 amide bonds. The smallest absolute Gasteiger partial charge is 0.291 e. The van der Waals surface area contributed by atoms with Crippen molar-refractivity contribution in [3.8, 4) is 28.4 Å². The molecule has 3 aromatic heterocycles. The summed E-state index contributed by atoms with van der Waals surface area (Å²) in [5, 5.41) is 3.58. The third-order valence-electron chi connectivity index (χ3n) is 10.7. The largest absolute Gasteiger partial charge is 0.481 e. The second-order valence-corrected chi connectivity index (χ2v) is 14.9. The number of amides is 2. The Labute approximate surface area is 313 Å². The van der Waals surface area contributed by atoms with Crippen LogP contribution < -0.4 is 10.1 Å². The zero-order chi connectivity index (χ0) is 36.6. The molecule has 0 bridgehead atoms. The predicted octanol–water partition coefficient (Wildman–Crippen LogP) is 6.27. The molecule has 2 saturated heterocycles. The van der Waals surface area contributed by atoms with Gasteiger partial charge in [0.2, 0.25) is 11.8 Å². The lowest BCUT2D eigenvalue weighted by molar-refractivity contribution is -0.128. The number of likely N-dealkylation sites (tertiary alicyclic amines) is 2. The van der Waals surface area contributed by atoms with Crippen molar-refractivity contribution < 1.29 is 18.7 Å². The van der Waals surface area contributed by atoms with Crippen LogP contribution >= 0.6 is 23.2 Å². The van der Waals surface area contributed by atoms with E-state index in [1.807, 2.05) is 28.6 Å². The van der Waals surface area contributed by atoms with Crippen LogP contribution in [-0.2, 0) is 31.4 Å². The van der Waals surface area contributed by atoms with Crippen LogP contribution in [0.15, 0.2) is 42.6 Å². The first-order valence-electron chi connectivity index (χ1n) is 17.7. The van der Waals surface area contributed by atoms with Crippen molar-refractivity contribution in [2.45, 2.75) is 45.7 Å². The average Bonchev–Trinajstić information content (AvgIpc) is 3.85. The van der Waals surface area contributed by atoms with Crippen molar-refractivity contribution in [3.63, 3.8) is 0 Å². The number of rotatable bonds is 10. The number of carbonyl (C=O) groups is 2. The lowest BCUT2D eigenvalue weighted by atomic mass is 9.86. The first-order chi connectivity index (χ1) is 25.1. The number of imidazole rings is 1. The van der Waals surface area contributed by atoms with E-state index >= 15 is 0 Å². The predicted molar refractivity (Wildman–Crippen MR) is 199 cm³/mol. The number of nitrogens with zero attached hydrogens (tertiary/aromatic N) is 7. The first kappa shape index (κ1) is 36.3. The maximum atomic E-state index is 13.5. The fraction of sp³-hybridized carbons (Fsp3) is 0.447. The number of halogens is 3. The van der Waals surface area contributed by atoms with Crippen LogP contribution in [-0.4, -0.2) is 99.1 Å². The summed E-state index contributed by atoms with van der Waals surface area (Å²) in [4.78, 5) is 46.1. The van der Waals surface area contributed by atoms with Gasteiger partial charge in [0.25, 0.3) is 5.91 Å². The van der Waals surface area contributed by atoms with Gasteiger partial charge in [-0.15, -0.1) is 0 Å². The molecule has 52 heavy (non-hydrogen) atoms. The summed E-state index contributed by atoms with van der Waals surface area (Å²) < 4.78 is 20.3. The minimum absolute atomic E-state index is 0.149. The number of hydrogen-bond donors (Lipinski definition) is 1. The lowest BCUT2D eigenvalue weighted by Crippen LogP contribution is -2.32. The highest BCUT2D eigenvalue weighted by molar-refractivity contribution is 6.39. The average molecular weight is 750 g/mol. The number of fused-ring (bicyclic) bond motifs is 1. The minimum atomic E-state index is -0.388. The van der Waals surface area contributed by atoms with Crippen LogP contribution in [0, 0.1) is 5.41 Å². The number of benzene rings is 1. The zero-order valence-corrected chi connectivity index (χ0v) is 31.2. The Morgan fingerprint density at radius 2 is 1.83 bits per heavy atom. The third-order valence-corrected chi connectivity index (χ3v) is 11.5. The summed E-state index contributed by atoms with van der Waals surface area (Å²) >= 11 is 14.0. The highest BCUT2D eigenvalue weighted by atomic mass is 35.5. The monoisotopic (exact) mass is 748 g/mol. The standard InChI is InChI=1S/C38H43Cl2FN8O3/c1-24(50)49-19-13-38(23-49)12-18-48(22-38)20-25-8-9-28(45-37(25)52-3)26-10-15-42-34(33(26)40)27-6-4-7-29(32(27)39)44-36(51)35-43-30-21-47(16-5-14-41)17-11-31(30)46(35)2/h4,6-10,15H,5,11-14,16-23H2,1-3H3,(H,44,51)/t38-/m1/s1. The van der Waals surface area contributed by atoms with Gasteiger partial charge in [0.1, 0.15) is 0 Å². The van der Waals surface area contributed by atoms with E-state index in [0.29, 0.717) is 65.2 Å². The minimum Gasteiger partial charge on any atom is -0.481 e. The number of alkyl halides is 1. The van der Waals surface area contributed by atoms with Crippen molar-refractivity contribution in [2.24, 2.45) is 12.5 Å². The molecular formula is C38H43Cl2FN8O3. The van der Waals surface area contributed by atoms with Crippen LogP contribution in [0.2, 0.25) is 10.0 Å². The van der Waals surface area contributed by atoms with Crippen LogP contribution in [0.25, 0.3) is 22.5 Å². The Morgan fingerprint density at radius 3 is 2.60 bits per heavy atom. The summed E-state index contributed by atoms with van der Waals surface area (Å²) in [7, 11) is 3.45. The molecule has 1 N–H and O–H groups in total. The molecule has 0 unspecified atom stereocenters. The Kier molecular flexibility index (Phi) is 10.5. The maximum Gasteiger partial charge on any atom is 0.291 e. The van der Waals surface area contributed by atoms with Gasteiger partial charge in [0, 0.05) is 100 Å². The van der Waals surface area contributed by atoms with Gasteiger partial charge < -0.3 is 19.5 Å². The molecule has 2 fully saturated rings. The molecule has 7 rings (SSSR count). The van der Waals surface area contributed by atoms with Crippen LogP contribution in [0.3, 0.4) is 0 Å². The topological polar surface area (TPSA) is 109 Å². The van der Waals surface area contributed by atoms with E-state index in [9.17, 15) is 14.0 Å². The molecule has 274 valence electrons. The van der Waals surface area contributed by atoms with Crippen molar-refractivity contribution in [1.82, 2.24) is 34.2 Å². The molecule has 1 atom stereocenters. The maximum absolute atomic E-state index is 13.5. The van der Waals surface area contributed by atoms with Crippen molar-refractivity contribution >= 4 is 40.7 Å². The van der Waals surface area contributed by atoms with E-state index in [4.69, 9.17) is 32.9 Å². The van der Waals surface area contributed by atoms with E-state index in [1.165, 1.54) is 0 Å². The molecule has 4 aromatic rings. The van der Waals surface area contributed by atoms with Gasteiger partial charge in [0.05, 0.1) is 46.6 Å². The van der Waals surface area contributed by atoms with Gasteiger partial charge in [0.15, 0.2) is 5.82 Å². The summed E-state index contributed by atoms with van der Waals surface area (Å²) in [6, 6.07) is 11.1. The first-order valence-corrected chi connectivity index (χ1v) is 18.4. The van der Waals surface area contributed by atoms with Gasteiger partial charge in [-0.25, -0.2) is 9.97 Å². The van der Waals surface area contributed by atoms with Gasteiger partial charge in [-0.1, -0.05) is 41.4 Å². The molecule has 0 aliphatic carbocycles. The zero-order valence-electron chi connectivity index (χ0n) is 29.7. The SMILES string of the molecule is COc1nc(-c2ccnc(-c3cccc(NC(=O)c4nc5c(n4C)CCN(CCCF)C5)c3Cl)c2Cl)ccc1CN1CC[C@@]2(CCN(C(C)=O)C2)C1. The van der Waals surface area contributed by atoms with Crippen LogP contribution in [0.1, 0.15) is 53.8 Å². The second-order valence-electron chi connectivity index (χ2n) is 14.1. The Bertz CT molecular complexity index is 2010. The number of ether oxygens (including phenoxy) is 1. The van der Waals surface area contributed by atoms with Crippen LogP contribution in [0.5, 0.6) is 5.88 Å². The van der Waals surface area contributed by atoms with Crippen molar-refractivity contribution in [3.05, 3.63) is 75.4 Å². The van der Waals surface area contributed by atoms with Gasteiger partial charge >= 0.3 is 0 Å². The number of pyridine rings is 2. The van der Waals surface area contributed by atoms with E-state index in [2.05, 4.69) is 25.1 Å². The summed E-state index contributed by atoms with van der Waals surface area (Å²) in [5.41, 5.74) is 5.66. The normalized spacial score (nSPS) is 19.0. The highest BCUT2D eigenvalue weighted by Gasteiger charge is 2.44. The molecule has 6 heterocycles. The summed E-state index contributed by atoms with van der Waals surface area (Å²) in [6.45, 7) is 7.58. The fourth-order valence-electron chi connectivity index (χ4n) is 7.94. The molecule has 3 aliphatic rings. The number of nitrogens with one attached hydrogen (secondary N) is 1. The number of aromatic nitrogens is 4. The van der Waals surface area contributed by atoms with Crippen molar-refractivity contribution in [2.75, 3.05) is 58.4 Å². The lowest BCUT2D eigenvalue weighted by Gasteiger charge is -2.26. The highest BCUT2D eigenvalue weighted by Crippen LogP contribution is 2.42. The molecule has 0 radical (unpaired) electrons. The molecular weight excluding hydrogens is 706 g/mol. The Balaban J connectivity index is 1.08. The fourth-order valence-corrected chi connectivity index (χ4v) is 8.51. The van der Waals surface area contributed by atoms with E-state index in [1.54, 1.807) is 44.5 Å². The quantitative estimate of drug-likeness (QED) is 0.202. The van der Waals surface area contributed by atoms with Crippen molar-refractivity contribution in [1.29, 1.82) is 0 Å². The summed E-state index contributed by atoms with van der Waals surface area (Å²) in [6.07, 6.45) is 4.98. The number of hydrogen-bond acceptors (Lipinski definition) is 8. The molecule has 1 aromatic carbocycles. The third kappa shape index (κ3) is 7.13. The van der Waals surface area contributed by atoms with Crippen LogP contribution in [0.4, 0.5) is 10.1 Å². The second kappa shape index (κ2) is 15.1. The van der Waals surface area contributed by atoms with E-state index in [-0.39, 0.29) is 34.8 Å². The molecule has 0 saturated carbocycles. The number of anilines is 1.